The van der Waals surface area contributed by atoms with Crippen LogP contribution in [0.3, 0.4) is 0 Å². The molecule has 1 amide bonds. The van der Waals surface area contributed by atoms with Crippen LogP contribution in [0.2, 0.25) is 0 Å². The number of fused-ring (bicyclic) bond motifs is 2. The highest BCUT2D eigenvalue weighted by Gasteiger charge is 2.47. The van der Waals surface area contributed by atoms with Gasteiger partial charge in [-0.05, 0) is 79.9 Å². The molecular weight excluding hydrogens is 446 g/mol. The Balaban J connectivity index is 1.29. The average Bonchev–Trinajstić information content (AvgIpc) is 3.54. The molecule has 2 saturated carbocycles. The van der Waals surface area contributed by atoms with Gasteiger partial charge in [-0.15, -0.1) is 34.4 Å². The second-order valence-corrected chi connectivity index (χ2v) is 11.9. The third-order valence-electron chi connectivity index (χ3n) is 6.46. The molecule has 7 heteroatoms. The molecule has 4 unspecified atom stereocenters. The van der Waals surface area contributed by atoms with Crippen molar-refractivity contribution in [2.75, 3.05) is 0 Å². The van der Waals surface area contributed by atoms with E-state index in [0.717, 1.165) is 23.5 Å². The molecule has 2 aliphatic rings. The fraction of sp³-hybridized carbons (Fsp3) is 0.500. The van der Waals surface area contributed by atoms with Crippen molar-refractivity contribution in [3.63, 3.8) is 0 Å². The predicted octanol–water partition coefficient (Wildman–Crippen LogP) is 6.45. The van der Waals surface area contributed by atoms with Gasteiger partial charge in [-0.1, -0.05) is 18.2 Å². The lowest BCUT2D eigenvalue weighted by Gasteiger charge is -2.31. The molecule has 0 radical (unpaired) electrons. The number of rotatable bonds is 11. The maximum absolute atomic E-state index is 13.0. The molecule has 4 rings (SSSR count). The summed E-state index contributed by atoms with van der Waals surface area (Å²) >= 11 is 5.15. The summed E-state index contributed by atoms with van der Waals surface area (Å²) in [5.74, 6) is 2.11. The lowest BCUT2D eigenvalue weighted by atomic mass is 9.82. The zero-order valence-corrected chi connectivity index (χ0v) is 19.9. The third kappa shape index (κ3) is 6.02. The van der Waals surface area contributed by atoms with Crippen molar-refractivity contribution in [1.82, 2.24) is 5.32 Å². The van der Waals surface area contributed by atoms with E-state index >= 15 is 0 Å². The second kappa shape index (κ2) is 10.8. The topological polar surface area (TPSA) is 66.4 Å². The minimum Gasteiger partial charge on any atom is -0.481 e. The van der Waals surface area contributed by atoms with Gasteiger partial charge in [0.15, 0.2) is 0 Å². The highest BCUT2D eigenvalue weighted by Crippen LogP contribution is 2.50. The maximum Gasteiger partial charge on any atom is 0.303 e. The molecule has 31 heavy (non-hydrogen) atoms. The molecule has 2 aliphatic carbocycles. The Morgan fingerprint density at radius 3 is 2.87 bits per heavy atom. The molecule has 4 atom stereocenters. The average molecular weight is 476 g/mol. The molecule has 2 bridgehead atoms. The number of nitrogens with one attached hydrogen (secondary N) is 1. The number of carboxylic acids is 1. The number of unbranched alkanes of at least 4 members (excludes halogenated alkanes) is 1. The standard InChI is InChI=1S/C24H29NO3S3/c26-21(27)8-4-2-1-3-7-19-16-9-10-17(14-16)23(19)25-24(28)20-11-12-22(31-20)30-15-18-6-5-13-29-18/h1,3,5-6,11-13,16-17,19,23H,2,4,7-10,14-15H2,(H,25,28)(H,26,27). The number of amides is 1. The highest BCUT2D eigenvalue weighted by atomic mass is 32.2. The SMILES string of the molecule is O=C(O)CCCC=CCC1C2CCC(C2)C1NC(=O)c1ccc(SCc2cccs2)s1. The van der Waals surface area contributed by atoms with Crippen molar-refractivity contribution in [1.29, 1.82) is 0 Å². The number of hydrogen-bond donors (Lipinski definition) is 2. The number of carboxylic acid groups (broad SMARTS) is 1. The van der Waals surface area contributed by atoms with Gasteiger partial charge in [-0.2, -0.15) is 0 Å². The van der Waals surface area contributed by atoms with E-state index in [-0.39, 0.29) is 18.4 Å². The van der Waals surface area contributed by atoms with Crippen LogP contribution >= 0.6 is 34.4 Å². The maximum atomic E-state index is 13.0. The van der Waals surface area contributed by atoms with Gasteiger partial charge in [-0.25, -0.2) is 0 Å². The van der Waals surface area contributed by atoms with Gasteiger partial charge in [0.1, 0.15) is 0 Å². The third-order valence-corrected chi connectivity index (χ3v) is 9.88. The summed E-state index contributed by atoms with van der Waals surface area (Å²) in [5, 5.41) is 14.2. The molecule has 0 spiro atoms. The van der Waals surface area contributed by atoms with Crippen LogP contribution in [-0.4, -0.2) is 23.0 Å². The number of carbonyl (C=O) groups excluding carboxylic acids is 1. The first kappa shape index (κ1) is 22.6. The molecule has 2 fully saturated rings. The van der Waals surface area contributed by atoms with Crippen LogP contribution in [0.15, 0.2) is 46.0 Å². The van der Waals surface area contributed by atoms with Gasteiger partial charge in [0.2, 0.25) is 0 Å². The van der Waals surface area contributed by atoms with Gasteiger partial charge < -0.3 is 10.4 Å². The van der Waals surface area contributed by atoms with E-state index in [1.54, 1.807) is 34.4 Å². The molecule has 0 saturated heterocycles. The van der Waals surface area contributed by atoms with Crippen molar-refractivity contribution in [3.8, 4) is 0 Å². The van der Waals surface area contributed by atoms with Gasteiger partial charge in [0, 0.05) is 23.1 Å². The van der Waals surface area contributed by atoms with E-state index in [1.165, 1.54) is 28.3 Å². The van der Waals surface area contributed by atoms with E-state index < -0.39 is 5.97 Å². The first-order chi connectivity index (χ1) is 15.1. The summed E-state index contributed by atoms with van der Waals surface area (Å²) in [6.45, 7) is 0. The van der Waals surface area contributed by atoms with Gasteiger partial charge in [0.05, 0.1) is 9.09 Å². The smallest absolute Gasteiger partial charge is 0.303 e. The van der Waals surface area contributed by atoms with Crippen LogP contribution in [0.5, 0.6) is 0 Å². The molecule has 0 aliphatic heterocycles. The number of thiophene rings is 2. The first-order valence-electron chi connectivity index (χ1n) is 11.0. The van der Waals surface area contributed by atoms with Crippen molar-refractivity contribution in [2.24, 2.45) is 17.8 Å². The summed E-state index contributed by atoms with van der Waals surface area (Å²) in [6, 6.07) is 8.51. The summed E-state index contributed by atoms with van der Waals surface area (Å²) < 4.78 is 1.19. The molecule has 4 nitrogen and oxygen atoms in total. The lowest BCUT2D eigenvalue weighted by Crippen LogP contribution is -2.43. The molecule has 2 N–H and O–H groups in total. The van der Waals surface area contributed by atoms with Crippen molar-refractivity contribution >= 4 is 46.3 Å². The first-order valence-corrected chi connectivity index (χ1v) is 13.7. The Kier molecular flexibility index (Phi) is 7.91. The fourth-order valence-corrected chi connectivity index (χ4v) is 7.80. The van der Waals surface area contributed by atoms with Gasteiger partial charge in [0.25, 0.3) is 5.91 Å². The van der Waals surface area contributed by atoms with Crippen molar-refractivity contribution in [2.45, 2.75) is 60.9 Å². The molecule has 2 aromatic rings. The van der Waals surface area contributed by atoms with Crippen molar-refractivity contribution < 1.29 is 14.7 Å². The molecule has 0 aromatic carbocycles. The Morgan fingerprint density at radius 1 is 1.19 bits per heavy atom. The Bertz CT molecular complexity index is 905. The molecule has 2 aromatic heterocycles. The lowest BCUT2D eigenvalue weighted by molar-refractivity contribution is -0.137. The van der Waals surface area contributed by atoms with Crippen LogP contribution < -0.4 is 5.32 Å². The van der Waals surface area contributed by atoms with Gasteiger partial charge >= 0.3 is 5.97 Å². The molecular formula is C24H29NO3S3. The predicted molar refractivity (Wildman–Crippen MR) is 129 cm³/mol. The fourth-order valence-electron chi connectivity index (χ4n) is 5.00. The summed E-state index contributed by atoms with van der Waals surface area (Å²) in [5.41, 5.74) is 0. The quantitative estimate of drug-likeness (QED) is 0.223. The van der Waals surface area contributed by atoms with Crippen molar-refractivity contribution in [3.05, 3.63) is 51.6 Å². The Hall–Kier alpha value is -1.57. The summed E-state index contributed by atoms with van der Waals surface area (Å²) in [4.78, 5) is 25.7. The molecule has 166 valence electrons. The van der Waals surface area contributed by atoms with Gasteiger partial charge in [-0.3, -0.25) is 9.59 Å². The van der Waals surface area contributed by atoms with Crippen LogP contribution in [0.1, 0.15) is 59.5 Å². The zero-order valence-electron chi connectivity index (χ0n) is 17.5. The minimum absolute atomic E-state index is 0.0703. The number of aliphatic carboxylic acids is 1. The number of thioether (sulfide) groups is 1. The van der Waals surface area contributed by atoms with E-state index in [4.69, 9.17) is 5.11 Å². The Labute approximate surface area is 196 Å². The molecule has 2 heterocycles. The largest absolute Gasteiger partial charge is 0.481 e. The number of carbonyl (C=O) groups is 2. The number of allylic oxidation sites excluding steroid dienone is 2. The van der Waals surface area contributed by atoms with Crippen LogP contribution in [0.25, 0.3) is 0 Å². The summed E-state index contributed by atoms with van der Waals surface area (Å²) in [7, 11) is 0. The normalized spacial score (nSPS) is 24.8. The second-order valence-electron chi connectivity index (χ2n) is 8.48. The van der Waals surface area contributed by atoms with Crippen LogP contribution in [-0.2, 0) is 10.5 Å². The van der Waals surface area contributed by atoms with E-state index in [1.807, 2.05) is 6.07 Å². The zero-order chi connectivity index (χ0) is 21.6. The van der Waals surface area contributed by atoms with E-state index in [0.29, 0.717) is 24.2 Å². The highest BCUT2D eigenvalue weighted by molar-refractivity contribution is 8.00. The van der Waals surface area contributed by atoms with E-state index in [2.05, 4.69) is 41.0 Å². The van der Waals surface area contributed by atoms with Crippen LogP contribution in [0, 0.1) is 17.8 Å². The monoisotopic (exact) mass is 475 g/mol. The summed E-state index contributed by atoms with van der Waals surface area (Å²) in [6.07, 6.45) is 10.8. The number of hydrogen-bond acceptors (Lipinski definition) is 5. The van der Waals surface area contributed by atoms with Crippen LogP contribution in [0.4, 0.5) is 0 Å². The van der Waals surface area contributed by atoms with E-state index in [9.17, 15) is 9.59 Å². The Morgan fingerprint density at radius 2 is 2.06 bits per heavy atom. The minimum atomic E-state index is -0.731.